The summed E-state index contributed by atoms with van der Waals surface area (Å²) in [7, 11) is 0. The third-order valence-corrected chi connectivity index (χ3v) is 3.42. The van der Waals surface area contributed by atoms with Gasteiger partial charge in [0.15, 0.2) is 5.12 Å². The quantitative estimate of drug-likeness (QED) is 0.852. The molecule has 0 aromatic carbocycles. The molecule has 1 aliphatic heterocycles. The average molecular weight is 302 g/mol. The fraction of sp³-hybridized carbons (Fsp3) is 0.769. The van der Waals surface area contributed by atoms with Gasteiger partial charge in [-0.05, 0) is 27.2 Å². The van der Waals surface area contributed by atoms with Gasteiger partial charge in [-0.25, -0.2) is 4.79 Å². The van der Waals surface area contributed by atoms with Gasteiger partial charge in [0, 0.05) is 26.1 Å². The summed E-state index contributed by atoms with van der Waals surface area (Å²) in [6, 6.07) is -0.0671. The Morgan fingerprint density at radius 3 is 2.55 bits per heavy atom. The van der Waals surface area contributed by atoms with E-state index in [0.29, 0.717) is 19.5 Å². The Labute approximate surface area is 123 Å². The van der Waals surface area contributed by atoms with E-state index in [4.69, 9.17) is 4.74 Å². The lowest BCUT2D eigenvalue weighted by Gasteiger charge is -2.24. The summed E-state index contributed by atoms with van der Waals surface area (Å²) < 4.78 is 5.28. The number of likely N-dealkylation sites (tertiary alicyclic amines) is 1. The number of nitrogens with one attached hydrogen (secondary N) is 1. The van der Waals surface area contributed by atoms with E-state index in [1.165, 1.54) is 6.92 Å². The van der Waals surface area contributed by atoms with Crippen LogP contribution in [-0.4, -0.2) is 52.5 Å². The van der Waals surface area contributed by atoms with Crippen LogP contribution in [0.15, 0.2) is 0 Å². The van der Waals surface area contributed by atoms with Crippen molar-refractivity contribution >= 4 is 28.9 Å². The van der Waals surface area contributed by atoms with Crippen molar-refractivity contribution in [2.45, 2.75) is 45.8 Å². The summed E-state index contributed by atoms with van der Waals surface area (Å²) in [4.78, 5) is 35.8. The second-order valence-corrected chi connectivity index (χ2v) is 6.91. The van der Waals surface area contributed by atoms with Crippen LogP contribution in [0.4, 0.5) is 4.79 Å². The van der Waals surface area contributed by atoms with Gasteiger partial charge < -0.3 is 15.0 Å². The molecule has 2 amide bonds. The summed E-state index contributed by atoms with van der Waals surface area (Å²) in [5, 5.41) is 2.74. The van der Waals surface area contributed by atoms with E-state index < -0.39 is 5.60 Å². The van der Waals surface area contributed by atoms with Gasteiger partial charge in [-0.1, -0.05) is 11.8 Å². The lowest BCUT2D eigenvalue weighted by Crippen LogP contribution is -2.40. The average Bonchev–Trinajstić information content (AvgIpc) is 2.72. The number of carbonyl (C=O) groups is 3. The van der Waals surface area contributed by atoms with E-state index in [2.05, 4.69) is 5.32 Å². The van der Waals surface area contributed by atoms with Crippen LogP contribution in [0.25, 0.3) is 0 Å². The molecule has 0 spiro atoms. The lowest BCUT2D eigenvalue weighted by molar-refractivity contribution is -0.119. The van der Waals surface area contributed by atoms with Gasteiger partial charge in [-0.3, -0.25) is 9.59 Å². The molecule has 0 radical (unpaired) electrons. The fourth-order valence-electron chi connectivity index (χ4n) is 1.81. The maximum absolute atomic E-state index is 11.8. The minimum atomic E-state index is -0.517. The van der Waals surface area contributed by atoms with E-state index >= 15 is 0 Å². The number of carbonyl (C=O) groups excluding carboxylic acids is 3. The summed E-state index contributed by atoms with van der Waals surface area (Å²) in [5.41, 5.74) is -0.517. The molecule has 0 aromatic heterocycles. The van der Waals surface area contributed by atoms with Gasteiger partial charge in [0.1, 0.15) is 5.60 Å². The molecular weight excluding hydrogens is 280 g/mol. The summed E-state index contributed by atoms with van der Waals surface area (Å²) >= 11 is 0.982. The molecule has 0 aliphatic carbocycles. The van der Waals surface area contributed by atoms with Crippen molar-refractivity contribution in [3.63, 3.8) is 0 Å². The van der Waals surface area contributed by atoms with Crippen molar-refractivity contribution in [1.82, 2.24) is 10.2 Å². The van der Waals surface area contributed by atoms with Gasteiger partial charge in [0.25, 0.3) is 0 Å². The molecule has 20 heavy (non-hydrogen) atoms. The zero-order valence-corrected chi connectivity index (χ0v) is 13.2. The first-order valence-electron chi connectivity index (χ1n) is 6.58. The highest BCUT2D eigenvalue weighted by Gasteiger charge is 2.30. The SMILES string of the molecule is CC(=O)SCC(=O)N[C@H]1CCN(C(=O)OC(C)(C)C)C1. The van der Waals surface area contributed by atoms with Gasteiger partial charge >= 0.3 is 6.09 Å². The van der Waals surface area contributed by atoms with Crippen LogP contribution in [0, 0.1) is 0 Å². The van der Waals surface area contributed by atoms with Crippen LogP contribution in [0.3, 0.4) is 0 Å². The predicted octanol–water partition coefficient (Wildman–Crippen LogP) is 1.39. The van der Waals surface area contributed by atoms with Crippen LogP contribution < -0.4 is 5.32 Å². The molecule has 0 saturated carbocycles. The Kier molecular flexibility index (Phi) is 5.86. The highest BCUT2D eigenvalue weighted by molar-refractivity contribution is 8.14. The molecule has 1 aliphatic rings. The number of nitrogens with zero attached hydrogens (tertiary/aromatic N) is 1. The molecule has 114 valence electrons. The Morgan fingerprint density at radius 1 is 1.35 bits per heavy atom. The molecule has 7 heteroatoms. The number of thioether (sulfide) groups is 1. The third kappa shape index (κ3) is 6.27. The van der Waals surface area contributed by atoms with Crippen LogP contribution >= 0.6 is 11.8 Å². The van der Waals surface area contributed by atoms with Crippen LogP contribution in [-0.2, 0) is 14.3 Å². The molecule has 1 atom stereocenters. The third-order valence-electron chi connectivity index (χ3n) is 2.61. The normalized spacial score (nSPS) is 18.8. The maximum atomic E-state index is 11.8. The predicted molar refractivity (Wildman–Crippen MR) is 77.5 cm³/mol. The van der Waals surface area contributed by atoms with E-state index in [9.17, 15) is 14.4 Å². The Balaban J connectivity index is 2.34. The zero-order chi connectivity index (χ0) is 15.3. The number of ether oxygens (including phenoxy) is 1. The first-order chi connectivity index (χ1) is 9.17. The van der Waals surface area contributed by atoms with E-state index in [0.717, 1.165) is 11.8 Å². The van der Waals surface area contributed by atoms with Crippen molar-refractivity contribution in [2.24, 2.45) is 0 Å². The summed E-state index contributed by atoms with van der Waals surface area (Å²) in [6.07, 6.45) is 0.350. The van der Waals surface area contributed by atoms with Crippen molar-refractivity contribution in [2.75, 3.05) is 18.8 Å². The Bertz CT molecular complexity index is 392. The first-order valence-corrected chi connectivity index (χ1v) is 7.56. The number of hydrogen-bond donors (Lipinski definition) is 1. The number of hydrogen-bond acceptors (Lipinski definition) is 5. The molecule has 0 unspecified atom stereocenters. The molecule has 1 rings (SSSR count). The summed E-state index contributed by atoms with van der Waals surface area (Å²) in [6.45, 7) is 7.90. The van der Waals surface area contributed by atoms with E-state index in [1.54, 1.807) is 4.90 Å². The van der Waals surface area contributed by atoms with Crippen molar-refractivity contribution < 1.29 is 19.1 Å². The molecule has 1 heterocycles. The molecule has 1 N–H and O–H groups in total. The van der Waals surface area contributed by atoms with Gasteiger partial charge in [-0.15, -0.1) is 0 Å². The smallest absolute Gasteiger partial charge is 0.410 e. The first kappa shape index (κ1) is 16.8. The molecule has 1 saturated heterocycles. The monoisotopic (exact) mass is 302 g/mol. The Morgan fingerprint density at radius 2 is 2.00 bits per heavy atom. The van der Waals surface area contributed by atoms with Gasteiger partial charge in [-0.2, -0.15) is 0 Å². The van der Waals surface area contributed by atoms with Gasteiger partial charge in [0.2, 0.25) is 5.91 Å². The van der Waals surface area contributed by atoms with E-state index in [-0.39, 0.29) is 28.9 Å². The van der Waals surface area contributed by atoms with Crippen LogP contribution in [0.2, 0.25) is 0 Å². The largest absolute Gasteiger partial charge is 0.444 e. The fourth-order valence-corrected chi connectivity index (χ4v) is 2.22. The van der Waals surface area contributed by atoms with Crippen LogP contribution in [0.5, 0.6) is 0 Å². The summed E-state index contributed by atoms with van der Waals surface area (Å²) in [5.74, 6) is -0.0561. The highest BCUT2D eigenvalue weighted by Crippen LogP contribution is 2.15. The van der Waals surface area contributed by atoms with Gasteiger partial charge in [0.05, 0.1) is 5.75 Å². The lowest BCUT2D eigenvalue weighted by atomic mass is 10.2. The molecule has 6 nitrogen and oxygen atoms in total. The Hall–Kier alpha value is -1.24. The van der Waals surface area contributed by atoms with Crippen molar-refractivity contribution in [1.29, 1.82) is 0 Å². The topological polar surface area (TPSA) is 75.7 Å². The number of rotatable bonds is 3. The number of amides is 2. The minimum Gasteiger partial charge on any atom is -0.444 e. The molecule has 0 aromatic rings. The maximum Gasteiger partial charge on any atom is 0.410 e. The van der Waals surface area contributed by atoms with Crippen LogP contribution in [0.1, 0.15) is 34.1 Å². The minimum absolute atomic E-state index is 0.0671. The van der Waals surface area contributed by atoms with E-state index in [1.807, 2.05) is 20.8 Å². The molecule has 0 bridgehead atoms. The molecule has 1 fully saturated rings. The zero-order valence-electron chi connectivity index (χ0n) is 12.4. The van der Waals surface area contributed by atoms with Crippen molar-refractivity contribution in [3.8, 4) is 0 Å². The molecular formula is C13H22N2O4S. The second kappa shape index (κ2) is 6.97. The highest BCUT2D eigenvalue weighted by atomic mass is 32.2. The standard InChI is InChI=1S/C13H22N2O4S/c1-9(16)20-8-11(17)14-10-5-6-15(7-10)12(18)19-13(2,3)4/h10H,5-8H2,1-4H3,(H,14,17)/t10-/m0/s1. The van der Waals surface area contributed by atoms with Crippen molar-refractivity contribution in [3.05, 3.63) is 0 Å². The second-order valence-electron chi connectivity index (χ2n) is 5.76.